The van der Waals surface area contributed by atoms with Gasteiger partial charge in [0.15, 0.2) is 0 Å². The molecule has 0 fully saturated rings. The van der Waals surface area contributed by atoms with Crippen molar-refractivity contribution in [2.75, 3.05) is 5.32 Å². The number of para-hydroxylation sites is 1. The molecule has 1 N–H and O–H groups in total. The van der Waals surface area contributed by atoms with Crippen molar-refractivity contribution in [1.82, 2.24) is 9.38 Å². The van der Waals surface area contributed by atoms with Crippen molar-refractivity contribution in [2.24, 2.45) is 0 Å². The number of hydrogen-bond donors (Lipinski definition) is 1. The summed E-state index contributed by atoms with van der Waals surface area (Å²) in [5, 5.41) is 2.34. The van der Waals surface area contributed by atoms with Gasteiger partial charge >= 0.3 is 6.18 Å². The Labute approximate surface area is 158 Å². The van der Waals surface area contributed by atoms with Crippen LogP contribution in [0.25, 0.3) is 16.9 Å². The lowest BCUT2D eigenvalue weighted by molar-refractivity contribution is -0.136. The van der Waals surface area contributed by atoms with E-state index in [1.165, 1.54) is 30.3 Å². The van der Waals surface area contributed by atoms with E-state index in [0.717, 1.165) is 17.3 Å². The highest BCUT2D eigenvalue weighted by Gasteiger charge is 2.33. The maximum Gasteiger partial charge on any atom is 0.418 e. The Morgan fingerprint density at radius 1 is 0.964 bits per heavy atom. The third-order valence-corrected chi connectivity index (χ3v) is 4.27. The van der Waals surface area contributed by atoms with Gasteiger partial charge in [-0.05, 0) is 24.3 Å². The molecule has 0 spiro atoms. The molecular weight excluding hydrogens is 367 g/mol. The summed E-state index contributed by atoms with van der Waals surface area (Å²) in [4.78, 5) is 17.0. The number of rotatable bonds is 3. The molecule has 0 aliphatic rings. The van der Waals surface area contributed by atoms with Crippen LogP contribution in [0.2, 0.25) is 0 Å². The van der Waals surface area contributed by atoms with Crippen molar-refractivity contribution < 1.29 is 18.0 Å². The molecule has 2 aromatic heterocycles. The molecule has 4 aromatic rings. The molecule has 0 aliphatic carbocycles. The number of pyridine rings is 1. The second-order valence-corrected chi connectivity index (χ2v) is 6.17. The fraction of sp³-hybridized carbons (Fsp3) is 0.0476. The van der Waals surface area contributed by atoms with Gasteiger partial charge in [-0.1, -0.05) is 42.5 Å². The van der Waals surface area contributed by atoms with Gasteiger partial charge in [0.2, 0.25) is 0 Å². The van der Waals surface area contributed by atoms with E-state index in [2.05, 4.69) is 10.3 Å². The van der Waals surface area contributed by atoms with E-state index in [4.69, 9.17) is 0 Å². The molecule has 0 saturated carbocycles. The molecule has 2 heterocycles. The number of anilines is 1. The maximum atomic E-state index is 13.1. The van der Waals surface area contributed by atoms with E-state index >= 15 is 0 Å². The Kier molecular flexibility index (Phi) is 4.35. The fourth-order valence-corrected chi connectivity index (χ4v) is 2.90. The topological polar surface area (TPSA) is 46.4 Å². The largest absolute Gasteiger partial charge is 0.418 e. The Bertz CT molecular complexity index is 1150. The molecule has 0 unspecified atom stereocenters. The highest BCUT2D eigenvalue weighted by molar-refractivity contribution is 6.05. The van der Waals surface area contributed by atoms with E-state index in [9.17, 15) is 18.0 Å². The summed E-state index contributed by atoms with van der Waals surface area (Å²) in [6.45, 7) is 0. The number of hydrogen-bond acceptors (Lipinski definition) is 2. The molecule has 4 nitrogen and oxygen atoms in total. The number of carbonyl (C=O) groups is 1. The first-order valence-corrected chi connectivity index (χ1v) is 8.43. The SMILES string of the molecule is O=C(Nc1ccccc1C(F)(F)F)c1ccn2cc(-c3ccccc3)nc2c1. The Morgan fingerprint density at radius 2 is 1.68 bits per heavy atom. The number of nitrogens with one attached hydrogen (secondary N) is 1. The van der Waals surface area contributed by atoms with E-state index in [1.807, 2.05) is 36.5 Å². The first-order chi connectivity index (χ1) is 13.4. The van der Waals surface area contributed by atoms with Crippen LogP contribution >= 0.6 is 0 Å². The van der Waals surface area contributed by atoms with Gasteiger partial charge in [0.1, 0.15) is 5.65 Å². The lowest BCUT2D eigenvalue weighted by Gasteiger charge is -2.13. The molecule has 2 aromatic carbocycles. The van der Waals surface area contributed by atoms with Crippen LogP contribution in [0.1, 0.15) is 15.9 Å². The minimum atomic E-state index is -4.55. The predicted molar refractivity (Wildman–Crippen MR) is 100 cm³/mol. The number of benzene rings is 2. The molecule has 28 heavy (non-hydrogen) atoms. The number of aromatic nitrogens is 2. The van der Waals surface area contributed by atoms with Crippen LogP contribution in [0.4, 0.5) is 18.9 Å². The summed E-state index contributed by atoms with van der Waals surface area (Å²) in [7, 11) is 0. The van der Waals surface area contributed by atoms with Crippen molar-refractivity contribution in [1.29, 1.82) is 0 Å². The van der Waals surface area contributed by atoms with Crippen LogP contribution in [-0.4, -0.2) is 15.3 Å². The average Bonchev–Trinajstić information content (AvgIpc) is 3.11. The lowest BCUT2D eigenvalue weighted by atomic mass is 10.1. The lowest BCUT2D eigenvalue weighted by Crippen LogP contribution is -2.16. The second-order valence-electron chi connectivity index (χ2n) is 6.17. The highest BCUT2D eigenvalue weighted by Crippen LogP contribution is 2.34. The normalized spacial score (nSPS) is 11.5. The van der Waals surface area contributed by atoms with Crippen LogP contribution in [-0.2, 0) is 6.18 Å². The molecule has 4 rings (SSSR count). The monoisotopic (exact) mass is 381 g/mol. The molecule has 0 bridgehead atoms. The Balaban J connectivity index is 1.64. The van der Waals surface area contributed by atoms with E-state index in [0.29, 0.717) is 5.65 Å². The number of fused-ring (bicyclic) bond motifs is 1. The molecule has 0 atom stereocenters. The van der Waals surface area contributed by atoms with Gasteiger partial charge in [-0.2, -0.15) is 13.2 Å². The van der Waals surface area contributed by atoms with Gasteiger partial charge < -0.3 is 9.72 Å². The van der Waals surface area contributed by atoms with Gasteiger partial charge in [-0.25, -0.2) is 4.98 Å². The zero-order chi connectivity index (χ0) is 19.7. The van der Waals surface area contributed by atoms with Crippen molar-refractivity contribution in [3.05, 3.63) is 90.3 Å². The molecule has 7 heteroatoms. The molecule has 140 valence electrons. The number of nitrogens with zero attached hydrogens (tertiary/aromatic N) is 2. The number of alkyl halides is 3. The molecular formula is C21H14F3N3O. The summed E-state index contributed by atoms with van der Waals surface area (Å²) < 4.78 is 41.1. The summed E-state index contributed by atoms with van der Waals surface area (Å²) in [5.74, 6) is -0.636. The van der Waals surface area contributed by atoms with Gasteiger partial charge in [-0.3, -0.25) is 4.79 Å². The van der Waals surface area contributed by atoms with Gasteiger partial charge in [-0.15, -0.1) is 0 Å². The van der Waals surface area contributed by atoms with Crippen molar-refractivity contribution in [3.63, 3.8) is 0 Å². The summed E-state index contributed by atoms with van der Waals surface area (Å²) >= 11 is 0. The highest BCUT2D eigenvalue weighted by atomic mass is 19.4. The second kappa shape index (κ2) is 6.84. The van der Waals surface area contributed by atoms with Crippen molar-refractivity contribution in [2.45, 2.75) is 6.18 Å². The molecule has 0 radical (unpaired) electrons. The van der Waals surface area contributed by atoms with Crippen LogP contribution in [0.15, 0.2) is 79.1 Å². The first-order valence-electron chi connectivity index (χ1n) is 8.43. The van der Waals surface area contributed by atoms with Crippen LogP contribution < -0.4 is 5.32 Å². The van der Waals surface area contributed by atoms with Crippen molar-refractivity contribution >= 4 is 17.2 Å². The number of imidazole rings is 1. The van der Waals surface area contributed by atoms with E-state index < -0.39 is 17.6 Å². The third kappa shape index (κ3) is 3.46. The summed E-state index contributed by atoms with van der Waals surface area (Å²) in [6, 6.07) is 17.5. The van der Waals surface area contributed by atoms with Crippen LogP contribution in [0, 0.1) is 0 Å². The van der Waals surface area contributed by atoms with E-state index in [1.54, 1.807) is 10.6 Å². The van der Waals surface area contributed by atoms with Gasteiger partial charge in [0.05, 0.1) is 16.9 Å². The first kappa shape index (κ1) is 17.8. The summed E-state index contributed by atoms with van der Waals surface area (Å²) in [6.07, 6.45) is -1.08. The zero-order valence-corrected chi connectivity index (χ0v) is 14.4. The van der Waals surface area contributed by atoms with Crippen LogP contribution in [0.3, 0.4) is 0 Å². The number of carbonyl (C=O) groups excluding carboxylic acids is 1. The summed E-state index contributed by atoms with van der Waals surface area (Å²) in [5.41, 5.74) is 1.23. The van der Waals surface area contributed by atoms with Crippen molar-refractivity contribution in [3.8, 4) is 11.3 Å². The molecule has 0 aliphatic heterocycles. The number of amides is 1. The standard InChI is InChI=1S/C21H14F3N3O/c22-21(23,24)16-8-4-5-9-17(16)26-20(28)15-10-11-27-13-18(25-19(27)12-15)14-6-2-1-3-7-14/h1-13H,(H,26,28). The molecule has 0 saturated heterocycles. The quantitative estimate of drug-likeness (QED) is 0.525. The number of halogens is 3. The van der Waals surface area contributed by atoms with Crippen LogP contribution in [0.5, 0.6) is 0 Å². The maximum absolute atomic E-state index is 13.1. The van der Waals surface area contributed by atoms with Gasteiger partial charge in [0, 0.05) is 23.5 Å². The van der Waals surface area contributed by atoms with E-state index in [-0.39, 0.29) is 11.3 Å². The average molecular weight is 381 g/mol. The predicted octanol–water partition coefficient (Wildman–Crippen LogP) is 5.27. The minimum Gasteiger partial charge on any atom is -0.321 e. The fourth-order valence-electron chi connectivity index (χ4n) is 2.90. The van der Waals surface area contributed by atoms with Gasteiger partial charge in [0.25, 0.3) is 5.91 Å². The zero-order valence-electron chi connectivity index (χ0n) is 14.4. The molecule has 1 amide bonds. The Hall–Kier alpha value is -3.61. The third-order valence-electron chi connectivity index (χ3n) is 4.27. The smallest absolute Gasteiger partial charge is 0.321 e. The minimum absolute atomic E-state index is 0.217. The Morgan fingerprint density at radius 3 is 2.43 bits per heavy atom.